The number of amides is 1. The van der Waals surface area contributed by atoms with Crippen molar-refractivity contribution in [1.82, 2.24) is 26.3 Å². The highest BCUT2D eigenvalue weighted by molar-refractivity contribution is 7.80. The smallest absolute Gasteiger partial charge is 0.238 e. The van der Waals surface area contributed by atoms with Crippen molar-refractivity contribution in [3.63, 3.8) is 0 Å². The molecule has 0 bridgehead atoms. The zero-order chi connectivity index (χ0) is 20.8. The van der Waals surface area contributed by atoms with E-state index in [1.165, 1.54) is 25.0 Å². The van der Waals surface area contributed by atoms with E-state index in [0.717, 1.165) is 6.42 Å². The van der Waals surface area contributed by atoms with Crippen LogP contribution < -0.4 is 16.2 Å². The second kappa shape index (κ2) is 9.78. The summed E-state index contributed by atoms with van der Waals surface area (Å²) in [6.07, 6.45) is 3.96. The van der Waals surface area contributed by atoms with Crippen LogP contribution in [0.4, 0.5) is 4.39 Å². The largest absolute Gasteiger partial charge is 0.358 e. The van der Waals surface area contributed by atoms with Crippen LogP contribution in [0.25, 0.3) is 11.4 Å². The lowest BCUT2D eigenvalue weighted by Crippen LogP contribution is -2.52. The van der Waals surface area contributed by atoms with Gasteiger partial charge in [0.25, 0.3) is 0 Å². The van der Waals surface area contributed by atoms with Crippen molar-refractivity contribution in [1.29, 1.82) is 0 Å². The van der Waals surface area contributed by atoms with E-state index in [-0.39, 0.29) is 18.1 Å². The number of thiocarbonyl (C=S) groups is 1. The summed E-state index contributed by atoms with van der Waals surface area (Å²) in [7, 11) is 0. The number of hydrogen-bond acceptors (Lipinski definition) is 5. The minimum Gasteiger partial charge on any atom is -0.358 e. The molecule has 1 fully saturated rings. The number of carbonyl (C=O) groups is 1. The molecule has 1 aromatic carbocycles. The van der Waals surface area contributed by atoms with Gasteiger partial charge in [-0.1, -0.05) is 31.8 Å². The summed E-state index contributed by atoms with van der Waals surface area (Å²) in [5, 5.41) is 7.57. The Balaban J connectivity index is 1.40. The van der Waals surface area contributed by atoms with Crippen LogP contribution in [0, 0.1) is 17.7 Å². The Kier molecular flexibility index (Phi) is 7.13. The third-order valence-electron chi connectivity index (χ3n) is 5.48. The number of hydrazine groups is 1. The first-order valence-corrected chi connectivity index (χ1v) is 10.3. The Morgan fingerprint density at radius 1 is 1.24 bits per heavy atom. The van der Waals surface area contributed by atoms with E-state index in [0.29, 0.717) is 46.7 Å². The zero-order valence-corrected chi connectivity index (χ0v) is 17.4. The number of carbonyl (C=O) groups excluding carboxylic acids is 1. The van der Waals surface area contributed by atoms with Gasteiger partial charge in [0.1, 0.15) is 5.82 Å². The molecule has 9 heteroatoms. The Morgan fingerprint density at radius 3 is 2.76 bits per heavy atom. The number of aryl methyl sites for hydroxylation is 1. The summed E-state index contributed by atoms with van der Waals surface area (Å²) in [6.45, 7) is 4.49. The van der Waals surface area contributed by atoms with Crippen molar-refractivity contribution in [2.24, 2.45) is 11.8 Å². The first-order chi connectivity index (χ1) is 13.9. The Bertz CT molecular complexity index is 842. The lowest BCUT2D eigenvalue weighted by atomic mass is 9.78. The first-order valence-electron chi connectivity index (χ1n) is 9.86. The molecule has 1 amide bonds. The molecular weight excluding hydrogens is 393 g/mol. The van der Waals surface area contributed by atoms with Crippen molar-refractivity contribution in [2.45, 2.75) is 52.0 Å². The fourth-order valence-corrected chi connectivity index (χ4v) is 3.67. The average Bonchev–Trinajstić information content (AvgIpc) is 3.18. The van der Waals surface area contributed by atoms with Gasteiger partial charge in [0.2, 0.25) is 17.6 Å². The molecule has 156 valence electrons. The quantitative estimate of drug-likeness (QED) is 0.506. The number of nitrogens with zero attached hydrogens (tertiary/aromatic N) is 2. The van der Waals surface area contributed by atoms with Crippen LogP contribution in [0.15, 0.2) is 28.8 Å². The maximum atomic E-state index is 13.0. The molecule has 0 spiro atoms. The molecule has 1 aromatic heterocycles. The molecular formula is C20H26FN5O2S. The second-order valence-electron chi connectivity index (χ2n) is 7.54. The van der Waals surface area contributed by atoms with Gasteiger partial charge < -0.3 is 9.84 Å². The number of halogens is 1. The summed E-state index contributed by atoms with van der Waals surface area (Å²) in [5.74, 6) is 1.33. The minimum absolute atomic E-state index is 0.164. The summed E-state index contributed by atoms with van der Waals surface area (Å²) in [4.78, 5) is 16.3. The molecule has 1 saturated carbocycles. The van der Waals surface area contributed by atoms with Gasteiger partial charge in [0.15, 0.2) is 5.11 Å². The van der Waals surface area contributed by atoms with Gasteiger partial charge in [-0.2, -0.15) is 4.98 Å². The summed E-state index contributed by atoms with van der Waals surface area (Å²) in [5.41, 5.74) is 5.99. The molecule has 0 saturated heterocycles. The first kappa shape index (κ1) is 21.2. The van der Waals surface area contributed by atoms with E-state index < -0.39 is 0 Å². The number of aromatic nitrogens is 2. The molecule has 3 N–H and O–H groups in total. The van der Waals surface area contributed by atoms with Gasteiger partial charge in [-0.05, 0) is 54.7 Å². The van der Waals surface area contributed by atoms with E-state index in [1.807, 2.05) is 0 Å². The monoisotopic (exact) mass is 419 g/mol. The van der Waals surface area contributed by atoms with E-state index in [1.54, 1.807) is 12.1 Å². The maximum Gasteiger partial charge on any atom is 0.238 e. The highest BCUT2D eigenvalue weighted by atomic mass is 32.1. The standard InChI is InChI=1S/C20H26FN5O2S/c1-12-4-3-5-16(13(12)2)22-20(29)25-24-17(27)10-11-18-23-19(26-28-18)14-6-8-15(21)9-7-14/h6-9,12-13,16H,3-5,10-11H2,1-2H3,(H,24,27)(H2,22,25,29)/t12-,13-,16-/m1/s1. The van der Waals surface area contributed by atoms with Crippen LogP contribution in [-0.2, 0) is 11.2 Å². The zero-order valence-electron chi connectivity index (χ0n) is 16.6. The van der Waals surface area contributed by atoms with Crippen LogP contribution in [0.5, 0.6) is 0 Å². The fourth-order valence-electron chi connectivity index (χ4n) is 3.47. The number of nitrogens with one attached hydrogen (secondary N) is 3. The Hall–Kier alpha value is -2.55. The van der Waals surface area contributed by atoms with Gasteiger partial charge >= 0.3 is 0 Å². The Morgan fingerprint density at radius 2 is 2.00 bits per heavy atom. The normalized spacial score (nSPS) is 21.4. The van der Waals surface area contributed by atoms with Crippen LogP contribution in [0.1, 0.15) is 45.4 Å². The van der Waals surface area contributed by atoms with Crippen LogP contribution in [0.2, 0.25) is 0 Å². The molecule has 2 aromatic rings. The number of rotatable bonds is 5. The average molecular weight is 420 g/mol. The van der Waals surface area contributed by atoms with Gasteiger partial charge in [0, 0.05) is 24.4 Å². The van der Waals surface area contributed by atoms with Crippen LogP contribution in [0.3, 0.4) is 0 Å². The van der Waals surface area contributed by atoms with Crippen molar-refractivity contribution in [3.05, 3.63) is 36.0 Å². The van der Waals surface area contributed by atoms with Gasteiger partial charge in [-0.3, -0.25) is 15.6 Å². The third-order valence-corrected chi connectivity index (χ3v) is 5.70. The maximum absolute atomic E-state index is 13.0. The minimum atomic E-state index is -0.332. The van der Waals surface area contributed by atoms with E-state index in [2.05, 4.69) is 40.2 Å². The van der Waals surface area contributed by atoms with E-state index in [4.69, 9.17) is 16.7 Å². The predicted octanol–water partition coefficient (Wildman–Crippen LogP) is 3.13. The van der Waals surface area contributed by atoms with Gasteiger partial charge in [-0.25, -0.2) is 4.39 Å². The molecule has 0 unspecified atom stereocenters. The highest BCUT2D eigenvalue weighted by Crippen LogP contribution is 2.29. The van der Waals surface area contributed by atoms with Crippen molar-refractivity contribution < 1.29 is 13.7 Å². The van der Waals surface area contributed by atoms with Gasteiger partial charge in [-0.15, -0.1) is 0 Å². The fraction of sp³-hybridized carbons (Fsp3) is 0.500. The number of hydrogen-bond donors (Lipinski definition) is 3. The predicted molar refractivity (Wildman–Crippen MR) is 111 cm³/mol. The molecule has 0 radical (unpaired) electrons. The van der Waals surface area contributed by atoms with Crippen LogP contribution in [-0.4, -0.2) is 27.2 Å². The molecule has 1 aliphatic carbocycles. The highest BCUT2D eigenvalue weighted by Gasteiger charge is 2.27. The van der Waals surface area contributed by atoms with Crippen molar-refractivity contribution >= 4 is 23.2 Å². The SMILES string of the molecule is C[C@@H]1[C@H](C)CCC[C@H]1NC(=S)NNC(=O)CCc1nc(-c2ccc(F)cc2)no1. The summed E-state index contributed by atoms with van der Waals surface area (Å²) in [6, 6.07) is 6.12. The van der Waals surface area contributed by atoms with Crippen molar-refractivity contribution in [3.8, 4) is 11.4 Å². The molecule has 3 rings (SSSR count). The molecule has 1 heterocycles. The summed E-state index contributed by atoms with van der Waals surface area (Å²) >= 11 is 5.28. The Labute approximate surface area is 174 Å². The molecule has 0 aliphatic heterocycles. The lowest BCUT2D eigenvalue weighted by molar-refractivity contribution is -0.121. The molecule has 3 atom stereocenters. The molecule has 29 heavy (non-hydrogen) atoms. The second-order valence-corrected chi connectivity index (χ2v) is 7.95. The molecule has 7 nitrogen and oxygen atoms in total. The lowest BCUT2D eigenvalue weighted by Gasteiger charge is -2.35. The summed E-state index contributed by atoms with van der Waals surface area (Å²) < 4.78 is 18.1. The molecule has 1 aliphatic rings. The van der Waals surface area contributed by atoms with E-state index >= 15 is 0 Å². The van der Waals surface area contributed by atoms with Gasteiger partial charge in [0.05, 0.1) is 0 Å². The van der Waals surface area contributed by atoms with Crippen molar-refractivity contribution in [2.75, 3.05) is 0 Å². The van der Waals surface area contributed by atoms with E-state index in [9.17, 15) is 9.18 Å². The van der Waals surface area contributed by atoms with Crippen LogP contribution >= 0.6 is 12.2 Å². The third kappa shape index (κ3) is 5.96. The topological polar surface area (TPSA) is 92.1 Å². The number of benzene rings is 1.